The van der Waals surface area contributed by atoms with Crippen molar-refractivity contribution in [2.75, 3.05) is 12.3 Å². The van der Waals surface area contributed by atoms with Gasteiger partial charge in [0.2, 0.25) is 0 Å². The predicted molar refractivity (Wildman–Crippen MR) is 106 cm³/mol. The zero-order chi connectivity index (χ0) is 19.5. The second-order valence-electron chi connectivity index (χ2n) is 6.94. The van der Waals surface area contributed by atoms with Crippen molar-refractivity contribution in [3.63, 3.8) is 0 Å². The number of hydrogen-bond donors (Lipinski definition) is 1. The predicted octanol–water partition coefficient (Wildman–Crippen LogP) is 5.46. The van der Waals surface area contributed by atoms with Gasteiger partial charge in [-0.25, -0.2) is 4.68 Å². The Bertz CT molecular complexity index is 769. The first kappa shape index (κ1) is 21.1. The van der Waals surface area contributed by atoms with Crippen LogP contribution in [-0.2, 0) is 11.5 Å². The van der Waals surface area contributed by atoms with Crippen LogP contribution in [0, 0.1) is 0 Å². The minimum atomic E-state index is -2.98. The number of nitrogen functional groups attached to an aromatic ring is 1. The lowest BCUT2D eigenvalue weighted by molar-refractivity contribution is -0.0495. The van der Waals surface area contributed by atoms with Crippen molar-refractivity contribution in [2.24, 2.45) is 0 Å². The van der Waals surface area contributed by atoms with Gasteiger partial charge in [-0.2, -0.15) is 13.9 Å². The monoisotopic (exact) mass is 467 g/mol. The zero-order valence-corrected chi connectivity index (χ0v) is 18.1. The summed E-state index contributed by atoms with van der Waals surface area (Å²) < 4.78 is 37.9. The summed E-state index contributed by atoms with van der Waals surface area (Å²) in [6, 6.07) is 3.89. The number of nitrogens with zero attached hydrogens (tertiary/aromatic N) is 2. The van der Waals surface area contributed by atoms with Gasteiger partial charge in [0, 0.05) is 24.7 Å². The maximum Gasteiger partial charge on any atom is 0.387 e. The Morgan fingerprint density at radius 1 is 1.35 bits per heavy atom. The number of aromatic nitrogens is 2. The second-order valence-corrected chi connectivity index (χ2v) is 13.8. The molecule has 0 saturated carbocycles. The van der Waals surface area contributed by atoms with E-state index in [0.717, 1.165) is 6.04 Å². The van der Waals surface area contributed by atoms with E-state index in [9.17, 15) is 8.78 Å². The van der Waals surface area contributed by atoms with Gasteiger partial charge in [0.25, 0.3) is 0 Å². The summed E-state index contributed by atoms with van der Waals surface area (Å²) in [6.07, 6.45) is 1.44. The number of hydrogen-bond acceptors (Lipinski definition) is 4. The normalized spacial score (nSPS) is 12.0. The first-order valence-electron chi connectivity index (χ1n) is 7.92. The van der Waals surface area contributed by atoms with Crippen molar-refractivity contribution in [2.45, 2.75) is 39.0 Å². The fourth-order valence-corrected chi connectivity index (χ4v) is 3.47. The highest BCUT2D eigenvalue weighted by Gasteiger charge is 2.20. The van der Waals surface area contributed by atoms with E-state index in [1.165, 1.54) is 23.0 Å². The Kier molecular flexibility index (Phi) is 7.06. The average molecular weight is 469 g/mol. The first-order valence-corrected chi connectivity index (χ1v) is 12.8. The molecule has 0 fully saturated rings. The van der Waals surface area contributed by atoms with E-state index >= 15 is 0 Å². The number of anilines is 1. The molecular weight excluding hydrogens is 448 g/mol. The van der Waals surface area contributed by atoms with Crippen LogP contribution in [0.1, 0.15) is 0 Å². The summed E-state index contributed by atoms with van der Waals surface area (Å²) >= 11 is 9.34. The number of rotatable bonds is 8. The van der Waals surface area contributed by atoms with E-state index in [-0.39, 0.29) is 12.5 Å². The molecule has 0 unspecified atom stereocenters. The molecule has 1 aromatic carbocycles. The molecule has 0 saturated heterocycles. The van der Waals surface area contributed by atoms with Crippen LogP contribution in [0.15, 0.2) is 22.8 Å². The number of ether oxygens (including phenoxy) is 2. The Hall–Kier alpha value is -1.16. The average Bonchev–Trinajstić information content (AvgIpc) is 2.87. The molecule has 2 rings (SSSR count). The van der Waals surface area contributed by atoms with Crippen molar-refractivity contribution in [3.05, 3.63) is 27.8 Å². The summed E-state index contributed by atoms with van der Waals surface area (Å²) in [5.41, 5.74) is 7.06. The molecule has 2 aromatic rings. The van der Waals surface area contributed by atoms with E-state index in [1.807, 2.05) is 0 Å². The van der Waals surface area contributed by atoms with Crippen LogP contribution < -0.4 is 10.5 Å². The molecule has 0 radical (unpaired) electrons. The molecule has 0 aliphatic carbocycles. The van der Waals surface area contributed by atoms with Crippen LogP contribution in [0.4, 0.5) is 14.5 Å². The Labute approximate surface area is 165 Å². The molecule has 26 heavy (non-hydrogen) atoms. The van der Waals surface area contributed by atoms with Gasteiger partial charge < -0.3 is 15.2 Å². The lowest BCUT2D eigenvalue weighted by Gasteiger charge is -2.17. The third-order valence-corrected chi connectivity index (χ3v) is 6.47. The van der Waals surface area contributed by atoms with Gasteiger partial charge in [0.05, 0.1) is 22.6 Å². The smallest absolute Gasteiger partial charge is 0.387 e. The number of benzene rings is 1. The Morgan fingerprint density at radius 3 is 2.65 bits per heavy atom. The minimum absolute atomic E-state index is 0.0492. The molecule has 0 spiro atoms. The lowest BCUT2D eigenvalue weighted by Crippen LogP contribution is -2.22. The van der Waals surface area contributed by atoms with Crippen molar-refractivity contribution >= 4 is 41.3 Å². The van der Waals surface area contributed by atoms with Gasteiger partial charge in [-0.1, -0.05) is 31.2 Å². The van der Waals surface area contributed by atoms with E-state index in [1.54, 1.807) is 0 Å². The van der Waals surface area contributed by atoms with E-state index in [2.05, 4.69) is 45.4 Å². The zero-order valence-electron chi connectivity index (χ0n) is 14.7. The first-order chi connectivity index (χ1) is 12.1. The number of nitrogens with two attached hydrogens (primary N) is 1. The van der Waals surface area contributed by atoms with Crippen LogP contribution >= 0.6 is 27.5 Å². The topological polar surface area (TPSA) is 62.3 Å². The van der Waals surface area contributed by atoms with Crippen molar-refractivity contribution < 1.29 is 18.3 Å². The second kappa shape index (κ2) is 8.68. The maximum absolute atomic E-state index is 12.8. The molecule has 0 aliphatic rings. The van der Waals surface area contributed by atoms with Crippen LogP contribution in [0.2, 0.25) is 30.7 Å². The fraction of sp³-hybridized carbons (Fsp3) is 0.438. The Balaban J connectivity index is 2.31. The molecule has 0 aliphatic heterocycles. The molecule has 0 atom stereocenters. The van der Waals surface area contributed by atoms with Gasteiger partial charge in [-0.3, -0.25) is 0 Å². The molecular formula is C16H21BrClF2N3O2Si. The Morgan fingerprint density at radius 2 is 2.04 bits per heavy atom. The third kappa shape index (κ3) is 5.67. The van der Waals surface area contributed by atoms with Crippen molar-refractivity contribution in [1.29, 1.82) is 0 Å². The highest BCUT2D eigenvalue weighted by Crippen LogP contribution is 2.40. The molecule has 1 heterocycles. The number of halogens is 4. The maximum atomic E-state index is 12.8. The summed E-state index contributed by atoms with van der Waals surface area (Å²) in [4.78, 5) is 0. The highest BCUT2D eigenvalue weighted by atomic mass is 79.9. The van der Waals surface area contributed by atoms with Gasteiger partial charge in [-0.15, -0.1) is 0 Å². The molecule has 0 amide bonds. The molecule has 1 aromatic heterocycles. The van der Waals surface area contributed by atoms with E-state index < -0.39 is 14.7 Å². The van der Waals surface area contributed by atoms with E-state index in [0.29, 0.717) is 33.0 Å². The minimum Gasteiger partial charge on any atom is -0.434 e. The fourth-order valence-electron chi connectivity index (χ4n) is 2.23. The largest absolute Gasteiger partial charge is 0.434 e. The molecule has 2 N–H and O–H groups in total. The summed E-state index contributed by atoms with van der Waals surface area (Å²) in [5, 5.41) is 4.52. The standard InChI is InChI=1S/C16H21BrClF2N3O2Si/c1-26(2,3)5-4-24-9-23-15(13(21)8-22-23)10-6-12(18)11(17)7-14(10)25-16(19)20/h6-8,16H,4-5,9,21H2,1-3H3. The van der Waals surface area contributed by atoms with Gasteiger partial charge in [-0.05, 0) is 34.1 Å². The quantitative estimate of drug-likeness (QED) is 0.413. The molecule has 5 nitrogen and oxygen atoms in total. The lowest BCUT2D eigenvalue weighted by atomic mass is 10.1. The van der Waals surface area contributed by atoms with Crippen LogP contribution in [-0.4, -0.2) is 31.1 Å². The van der Waals surface area contributed by atoms with E-state index in [4.69, 9.17) is 22.1 Å². The molecule has 144 valence electrons. The van der Waals surface area contributed by atoms with Crippen molar-refractivity contribution in [3.8, 4) is 17.0 Å². The molecule has 0 bridgehead atoms. The number of alkyl halides is 2. The summed E-state index contributed by atoms with van der Waals surface area (Å²) in [6.45, 7) is 4.53. The highest BCUT2D eigenvalue weighted by molar-refractivity contribution is 9.10. The third-order valence-electron chi connectivity index (χ3n) is 3.57. The summed E-state index contributed by atoms with van der Waals surface area (Å²) in [7, 11) is -1.21. The van der Waals surface area contributed by atoms with Gasteiger partial charge in [0.1, 0.15) is 12.5 Å². The van der Waals surface area contributed by atoms with Gasteiger partial charge >= 0.3 is 6.61 Å². The van der Waals surface area contributed by atoms with Crippen LogP contribution in [0.5, 0.6) is 5.75 Å². The SMILES string of the molecule is C[Si](C)(C)CCOCn1ncc(N)c1-c1cc(Cl)c(Br)cc1OC(F)F. The van der Waals surface area contributed by atoms with Crippen molar-refractivity contribution in [1.82, 2.24) is 9.78 Å². The van der Waals surface area contributed by atoms with Crippen LogP contribution in [0.25, 0.3) is 11.3 Å². The summed E-state index contributed by atoms with van der Waals surface area (Å²) in [5.74, 6) is -0.0492. The van der Waals surface area contributed by atoms with Gasteiger partial charge in [0.15, 0.2) is 0 Å². The van der Waals surface area contributed by atoms with Crippen LogP contribution in [0.3, 0.4) is 0 Å². The molecule has 10 heteroatoms.